The molecule has 22 nitrogen and oxygen atoms in total. The molecule has 4 aliphatic rings. The van der Waals surface area contributed by atoms with Gasteiger partial charge in [-0.25, -0.2) is 0 Å². The van der Waals surface area contributed by atoms with Crippen molar-refractivity contribution in [2.24, 2.45) is 17.8 Å². The third-order valence-electron chi connectivity index (χ3n) is 14.8. The number of amides is 2. The number of carbonyl (C=O) groups is 4. The number of nitrogens with one attached hydrogen (secondary N) is 1. The van der Waals surface area contributed by atoms with Crippen molar-refractivity contribution in [3.63, 3.8) is 0 Å². The van der Waals surface area contributed by atoms with Gasteiger partial charge in [-0.2, -0.15) is 0 Å². The second kappa shape index (κ2) is 32.9. The van der Waals surface area contributed by atoms with Crippen molar-refractivity contribution in [1.82, 2.24) is 15.1 Å². The summed E-state index contributed by atoms with van der Waals surface area (Å²) < 4.78 is 29.1. The maximum atomic E-state index is 13.4. The van der Waals surface area contributed by atoms with Gasteiger partial charge in [0.2, 0.25) is 11.8 Å². The molecule has 4 rings (SSSR count). The zero-order valence-corrected chi connectivity index (χ0v) is 46.6. The number of ether oxygens (including phenoxy) is 5. The van der Waals surface area contributed by atoms with Crippen LogP contribution in [0.4, 0.5) is 0 Å². The largest absolute Gasteiger partial charge is 0.469 e. The van der Waals surface area contributed by atoms with Gasteiger partial charge < -0.3 is 79.6 Å². The number of esters is 2. The number of carbonyl (C=O) groups excluding carboxylic acids is 4. The second-order valence-electron chi connectivity index (χ2n) is 21.7. The number of rotatable bonds is 9. The van der Waals surface area contributed by atoms with Crippen molar-refractivity contribution in [2.75, 3.05) is 34.3 Å². The molecule has 446 valence electrons. The van der Waals surface area contributed by atoms with Gasteiger partial charge >= 0.3 is 11.9 Å². The summed E-state index contributed by atoms with van der Waals surface area (Å²) in [5.74, 6) is -7.09. The monoisotopic (exact) mass is 1120 g/mol. The van der Waals surface area contributed by atoms with Crippen LogP contribution in [0.3, 0.4) is 0 Å². The molecule has 0 radical (unpaired) electrons. The molecule has 0 aromatic rings. The summed E-state index contributed by atoms with van der Waals surface area (Å²) in [7, 11) is 4.84. The number of imide groups is 1. The Labute approximate surface area is 464 Å². The fourth-order valence-electron chi connectivity index (χ4n) is 10.1. The Morgan fingerprint density at radius 1 is 0.709 bits per heavy atom. The highest BCUT2D eigenvalue weighted by atomic mass is 16.7. The average Bonchev–Trinajstić information content (AvgIpc) is 3.65. The predicted octanol–water partition coefficient (Wildman–Crippen LogP) is 0.510. The van der Waals surface area contributed by atoms with Crippen LogP contribution in [0.25, 0.3) is 0 Å². The maximum Gasteiger partial charge on any atom is 0.313 e. The van der Waals surface area contributed by atoms with E-state index in [0.717, 1.165) is 12.0 Å². The van der Waals surface area contributed by atoms with Crippen molar-refractivity contribution in [1.29, 1.82) is 0 Å². The molecule has 0 aliphatic carbocycles. The molecule has 79 heavy (non-hydrogen) atoms. The third kappa shape index (κ3) is 21.5. The summed E-state index contributed by atoms with van der Waals surface area (Å²) in [5.41, 5.74) is 0. The minimum Gasteiger partial charge on any atom is -0.469 e. The molecule has 20 atom stereocenters. The fraction of sp³-hybridized carbons (Fsp3) is 0.684. The van der Waals surface area contributed by atoms with Crippen molar-refractivity contribution in [3.8, 4) is 0 Å². The molecule has 3 fully saturated rings. The summed E-state index contributed by atoms with van der Waals surface area (Å²) in [6, 6.07) is -2.31. The van der Waals surface area contributed by atoms with Crippen LogP contribution in [0, 0.1) is 17.8 Å². The van der Waals surface area contributed by atoms with E-state index in [9.17, 15) is 70.2 Å². The normalized spacial score (nSPS) is 41.6. The van der Waals surface area contributed by atoms with E-state index >= 15 is 0 Å². The summed E-state index contributed by atoms with van der Waals surface area (Å²) in [6.45, 7) is 7.56. The first kappa shape index (κ1) is 67.2. The molecule has 0 saturated carbocycles. The summed E-state index contributed by atoms with van der Waals surface area (Å²) in [5, 5.41) is 115. The van der Waals surface area contributed by atoms with Crippen molar-refractivity contribution < 1.29 is 93.9 Å². The van der Waals surface area contributed by atoms with Crippen LogP contribution in [-0.4, -0.2) is 222 Å². The number of allylic oxidation sites excluding steroid dienone is 12. The van der Waals surface area contributed by atoms with Crippen LogP contribution >= 0.6 is 0 Å². The zero-order chi connectivity index (χ0) is 58.6. The van der Waals surface area contributed by atoms with Gasteiger partial charge in [-0.1, -0.05) is 98.9 Å². The average molecular weight is 1120 g/mol. The predicted molar refractivity (Wildman–Crippen MR) is 289 cm³/mol. The van der Waals surface area contributed by atoms with Crippen molar-refractivity contribution in [2.45, 2.75) is 195 Å². The van der Waals surface area contributed by atoms with Gasteiger partial charge in [0.1, 0.15) is 18.1 Å². The van der Waals surface area contributed by atoms with Gasteiger partial charge in [-0.3, -0.25) is 29.4 Å². The first-order valence-electron chi connectivity index (χ1n) is 27.4. The van der Waals surface area contributed by atoms with Crippen LogP contribution in [0.2, 0.25) is 0 Å². The number of fused-ring (bicyclic) bond motifs is 2. The van der Waals surface area contributed by atoms with E-state index in [1.165, 1.54) is 13.0 Å². The standard InChI is InChI=1S/C57H89N3O19/c1-34-21-18-16-14-12-10-8-9-11-13-15-17-19-22-41(78-56-53(71)50(52(70)37(4)77-56)58-42-31-47(67)60(54(42)72)26-20-25-59(5)6)30-46-49(55(73)75-7)45(66)33-57(74,79-46)32-40(63)28-44(65)43(64)24-23-38(61)27-39(62)29-48(68)76-36(3)35(2)51(34)69/h8-19,21-22,34-46,49-53,56,58,61-66,69-71,74H,20,23-33H2,1-7H3/b9-8+,12-10+,13-11+,16-14+,17-15+,21-18-,22-19+/t34-,35-,36-,37+,38+,39+,40-,41-,42?,43+,44+,45-,46-,49+,50-,51+,52+,53-,56-,57+/m0/s1. The molecule has 2 amide bonds. The van der Waals surface area contributed by atoms with E-state index in [2.05, 4.69) is 5.32 Å². The van der Waals surface area contributed by atoms with Crippen LogP contribution in [0.5, 0.6) is 0 Å². The maximum absolute atomic E-state index is 13.4. The van der Waals surface area contributed by atoms with Crippen LogP contribution in [0.1, 0.15) is 91.9 Å². The zero-order valence-electron chi connectivity index (χ0n) is 46.6. The Bertz CT molecular complexity index is 2130. The highest BCUT2D eigenvalue weighted by molar-refractivity contribution is 6.05. The lowest BCUT2D eigenvalue weighted by atomic mass is 9.82. The minimum absolute atomic E-state index is 0.120. The van der Waals surface area contributed by atoms with Crippen molar-refractivity contribution in [3.05, 3.63) is 85.1 Å². The smallest absolute Gasteiger partial charge is 0.313 e. The van der Waals surface area contributed by atoms with Gasteiger partial charge in [0.25, 0.3) is 0 Å². The summed E-state index contributed by atoms with van der Waals surface area (Å²) >= 11 is 0. The van der Waals surface area contributed by atoms with E-state index < -0.39 is 165 Å². The lowest BCUT2D eigenvalue weighted by molar-refractivity contribution is -0.309. The molecular weight excluding hydrogens is 1030 g/mol. The van der Waals surface area contributed by atoms with Crippen LogP contribution < -0.4 is 5.32 Å². The van der Waals surface area contributed by atoms with E-state index in [0.29, 0.717) is 13.0 Å². The number of aliphatic hydroxyl groups is 10. The highest BCUT2D eigenvalue weighted by Crippen LogP contribution is 2.39. The summed E-state index contributed by atoms with van der Waals surface area (Å²) in [6.07, 6.45) is 3.13. The van der Waals surface area contributed by atoms with Crippen LogP contribution in [-0.2, 0) is 42.9 Å². The van der Waals surface area contributed by atoms with Gasteiger partial charge in [0.15, 0.2) is 12.1 Å². The van der Waals surface area contributed by atoms with Crippen LogP contribution in [0.15, 0.2) is 85.1 Å². The third-order valence-corrected chi connectivity index (χ3v) is 14.8. The number of likely N-dealkylation sites (tertiary alicyclic amines) is 1. The van der Waals surface area contributed by atoms with Gasteiger partial charge in [-0.05, 0) is 60.2 Å². The molecule has 3 saturated heterocycles. The Morgan fingerprint density at radius 3 is 1.92 bits per heavy atom. The van der Waals surface area contributed by atoms with E-state index in [1.807, 2.05) is 38.1 Å². The van der Waals surface area contributed by atoms with E-state index in [-0.39, 0.29) is 44.6 Å². The van der Waals surface area contributed by atoms with Gasteiger partial charge in [0, 0.05) is 44.1 Å². The second-order valence-corrected chi connectivity index (χ2v) is 21.7. The first-order valence-corrected chi connectivity index (χ1v) is 27.4. The number of aliphatic hydroxyl groups excluding tert-OH is 9. The molecule has 2 bridgehead atoms. The molecule has 22 heteroatoms. The Kier molecular flexibility index (Phi) is 28.0. The number of hydrogen-bond donors (Lipinski definition) is 11. The lowest BCUT2D eigenvalue weighted by Crippen LogP contribution is -2.65. The first-order chi connectivity index (χ1) is 37.3. The quantitative estimate of drug-likeness (QED) is 0.111. The lowest BCUT2D eigenvalue weighted by Gasteiger charge is -2.46. The Morgan fingerprint density at radius 2 is 1.32 bits per heavy atom. The molecule has 4 heterocycles. The van der Waals surface area contributed by atoms with E-state index in [1.54, 1.807) is 80.7 Å². The molecular formula is C57H89N3O19. The highest BCUT2D eigenvalue weighted by Gasteiger charge is 2.52. The SMILES string of the molecule is COC(=O)[C@H]1[C@@H]2C[C@@H](O[C@@H]3O[C@H](C)[C@@H](O)[C@H](NC4CC(=O)N(CCCN(C)C)C4=O)[C@@H]3O)/C=C/C=C/C=C/C=C/C=C/C=C/C=C\[C@H](C)[C@@H](O)[C@@H](C)[C@H](C)OC(=O)C[C@H](O)C[C@H](O)CC[C@@H](O)[C@H](O)C[C@H](O)C[C@](O)(C[C@@H]1O)O2. The number of hydrogen-bond acceptors (Lipinski definition) is 21. The summed E-state index contributed by atoms with van der Waals surface area (Å²) in [4.78, 5) is 55.5. The van der Waals surface area contributed by atoms with Gasteiger partial charge in [-0.15, -0.1) is 0 Å². The van der Waals surface area contributed by atoms with E-state index in [4.69, 9.17) is 23.7 Å². The Balaban J connectivity index is 1.61. The topological polar surface area (TPSA) is 335 Å². The molecule has 0 aromatic carbocycles. The molecule has 1 unspecified atom stereocenters. The minimum atomic E-state index is -2.34. The fourth-order valence-corrected chi connectivity index (χ4v) is 10.1. The molecule has 0 spiro atoms. The Hall–Kier alpha value is -4.34. The molecule has 4 aliphatic heterocycles. The number of cyclic esters (lactones) is 1. The number of methoxy groups -OCH3 is 1. The molecule has 0 aromatic heterocycles. The van der Waals surface area contributed by atoms with Gasteiger partial charge in [0.05, 0.1) is 99.2 Å². The molecule has 11 N–H and O–H groups in total. The number of nitrogens with zero attached hydrogens (tertiary/aromatic N) is 2. The van der Waals surface area contributed by atoms with Crippen molar-refractivity contribution >= 4 is 23.8 Å².